The number of H-pyrrole nitrogens is 1. The Morgan fingerprint density at radius 2 is 1.77 bits per heavy atom. The van der Waals surface area contributed by atoms with Crippen molar-refractivity contribution in [3.63, 3.8) is 0 Å². The molecule has 0 spiro atoms. The lowest BCUT2D eigenvalue weighted by molar-refractivity contribution is 0.198. The first-order valence-corrected chi connectivity index (χ1v) is 10.3. The first-order valence-electron chi connectivity index (χ1n) is 10.3. The maximum absolute atomic E-state index is 12.9. The minimum Gasteiger partial charge on any atom is -0.361 e. The Kier molecular flexibility index (Phi) is 6.09. The van der Waals surface area contributed by atoms with Crippen molar-refractivity contribution in [1.29, 1.82) is 0 Å². The topological polar surface area (TPSA) is 61.0 Å². The number of rotatable bonds is 7. The Morgan fingerprint density at radius 3 is 2.53 bits per heavy atom. The number of carbonyl (C=O) groups excluding carboxylic acids is 1. The summed E-state index contributed by atoms with van der Waals surface area (Å²) in [5, 5.41) is 4.35. The van der Waals surface area contributed by atoms with E-state index in [1.54, 1.807) is 12.4 Å². The molecule has 2 N–H and O–H groups in total. The molecule has 0 aliphatic heterocycles. The van der Waals surface area contributed by atoms with Crippen LogP contribution in [0.3, 0.4) is 0 Å². The van der Waals surface area contributed by atoms with E-state index in [-0.39, 0.29) is 11.9 Å². The molecular formula is C25H26N4O. The summed E-state index contributed by atoms with van der Waals surface area (Å²) in [6.07, 6.45) is 5.57. The molecule has 0 saturated heterocycles. The van der Waals surface area contributed by atoms with Crippen LogP contribution < -0.4 is 5.32 Å². The van der Waals surface area contributed by atoms with Gasteiger partial charge in [0.05, 0.1) is 0 Å². The number of fused-ring (bicyclic) bond motifs is 1. The van der Waals surface area contributed by atoms with E-state index < -0.39 is 0 Å². The van der Waals surface area contributed by atoms with Gasteiger partial charge in [-0.2, -0.15) is 0 Å². The molecule has 30 heavy (non-hydrogen) atoms. The van der Waals surface area contributed by atoms with Crippen molar-refractivity contribution in [3.8, 4) is 0 Å². The molecule has 2 aromatic heterocycles. The van der Waals surface area contributed by atoms with Crippen LogP contribution in [-0.2, 0) is 6.54 Å². The zero-order chi connectivity index (χ0) is 20.8. The van der Waals surface area contributed by atoms with Crippen LogP contribution in [0.25, 0.3) is 10.9 Å². The molecule has 0 radical (unpaired) electrons. The molecule has 5 heteroatoms. The molecule has 0 fully saturated rings. The minimum atomic E-state index is -0.0601. The molecule has 2 heterocycles. The van der Waals surface area contributed by atoms with Crippen molar-refractivity contribution in [2.75, 3.05) is 13.1 Å². The summed E-state index contributed by atoms with van der Waals surface area (Å²) in [6.45, 7) is 3.72. The summed E-state index contributed by atoms with van der Waals surface area (Å²) in [5.41, 5.74) is 4.54. The Hall–Kier alpha value is -3.60. The minimum absolute atomic E-state index is 0.0601. The number of aromatic amines is 1. The number of hydrogen-bond acceptors (Lipinski definition) is 2. The van der Waals surface area contributed by atoms with Crippen molar-refractivity contribution in [2.45, 2.75) is 19.4 Å². The molecular weight excluding hydrogens is 372 g/mol. The number of aromatic nitrogens is 2. The van der Waals surface area contributed by atoms with E-state index in [0.29, 0.717) is 19.6 Å². The molecule has 5 nitrogen and oxygen atoms in total. The third-order valence-corrected chi connectivity index (χ3v) is 5.45. The second kappa shape index (κ2) is 9.27. The normalized spacial score (nSPS) is 11.9. The molecule has 4 rings (SSSR count). The highest BCUT2D eigenvalue weighted by atomic mass is 16.2. The second-order valence-corrected chi connectivity index (χ2v) is 7.31. The Bertz CT molecular complexity index is 1090. The molecule has 152 valence electrons. The van der Waals surface area contributed by atoms with Gasteiger partial charge in [-0.15, -0.1) is 0 Å². The molecule has 1 unspecified atom stereocenters. The average molecular weight is 399 g/mol. The van der Waals surface area contributed by atoms with Gasteiger partial charge >= 0.3 is 6.03 Å². The van der Waals surface area contributed by atoms with Crippen molar-refractivity contribution in [3.05, 3.63) is 102 Å². The highest BCUT2D eigenvalue weighted by Gasteiger charge is 2.20. The van der Waals surface area contributed by atoms with Crippen LogP contribution in [0.1, 0.15) is 29.5 Å². The first-order chi connectivity index (χ1) is 14.8. The van der Waals surface area contributed by atoms with E-state index in [1.807, 2.05) is 54.3 Å². The fourth-order valence-electron chi connectivity index (χ4n) is 3.81. The number of nitrogens with zero attached hydrogens (tertiary/aromatic N) is 2. The summed E-state index contributed by atoms with van der Waals surface area (Å²) < 4.78 is 0. The van der Waals surface area contributed by atoms with Crippen LogP contribution in [0, 0.1) is 0 Å². The first kappa shape index (κ1) is 19.7. The number of pyridine rings is 1. The molecule has 0 aliphatic rings. The van der Waals surface area contributed by atoms with Crippen LogP contribution in [0.5, 0.6) is 0 Å². The fourth-order valence-corrected chi connectivity index (χ4v) is 3.81. The van der Waals surface area contributed by atoms with E-state index in [0.717, 1.165) is 11.1 Å². The van der Waals surface area contributed by atoms with E-state index in [1.165, 1.54) is 16.5 Å². The van der Waals surface area contributed by atoms with Crippen molar-refractivity contribution in [2.24, 2.45) is 0 Å². The Morgan fingerprint density at radius 1 is 1.03 bits per heavy atom. The lowest BCUT2D eigenvalue weighted by Gasteiger charge is -2.24. The third-order valence-electron chi connectivity index (χ3n) is 5.45. The maximum Gasteiger partial charge on any atom is 0.317 e. The quantitative estimate of drug-likeness (QED) is 0.464. The van der Waals surface area contributed by atoms with Crippen LogP contribution in [0.2, 0.25) is 0 Å². The van der Waals surface area contributed by atoms with Crippen molar-refractivity contribution >= 4 is 16.9 Å². The van der Waals surface area contributed by atoms with Crippen LogP contribution in [-0.4, -0.2) is 34.0 Å². The number of urea groups is 1. The summed E-state index contributed by atoms with van der Waals surface area (Å²) in [7, 11) is 0. The monoisotopic (exact) mass is 398 g/mol. The molecule has 4 aromatic rings. The summed E-state index contributed by atoms with van der Waals surface area (Å²) in [6, 6.07) is 22.4. The molecule has 0 saturated carbocycles. The van der Waals surface area contributed by atoms with Crippen LogP contribution in [0.15, 0.2) is 85.3 Å². The van der Waals surface area contributed by atoms with Crippen LogP contribution in [0.4, 0.5) is 4.79 Å². The van der Waals surface area contributed by atoms with Gasteiger partial charge in [0.25, 0.3) is 0 Å². The highest BCUT2D eigenvalue weighted by molar-refractivity contribution is 5.84. The number of para-hydroxylation sites is 1. The summed E-state index contributed by atoms with van der Waals surface area (Å²) in [4.78, 5) is 22.2. The maximum atomic E-state index is 12.9. The predicted octanol–water partition coefficient (Wildman–Crippen LogP) is 4.93. The van der Waals surface area contributed by atoms with Gasteiger partial charge in [-0.3, -0.25) is 4.98 Å². The lowest BCUT2D eigenvalue weighted by Crippen LogP contribution is -2.41. The smallest absolute Gasteiger partial charge is 0.317 e. The summed E-state index contributed by atoms with van der Waals surface area (Å²) in [5.74, 6) is 0.0610. The van der Waals surface area contributed by atoms with Crippen LogP contribution >= 0.6 is 0 Å². The predicted molar refractivity (Wildman–Crippen MR) is 120 cm³/mol. The zero-order valence-corrected chi connectivity index (χ0v) is 17.1. The SMILES string of the molecule is CCN(Cc1ccncc1)C(=O)NCC(c1ccccc1)c1c[nH]c2ccccc12. The highest BCUT2D eigenvalue weighted by Crippen LogP contribution is 2.30. The Balaban J connectivity index is 1.54. The van der Waals surface area contributed by atoms with Gasteiger partial charge in [0.2, 0.25) is 0 Å². The van der Waals surface area contributed by atoms with E-state index in [4.69, 9.17) is 0 Å². The third kappa shape index (κ3) is 4.35. The number of hydrogen-bond donors (Lipinski definition) is 2. The van der Waals surface area contributed by atoms with Crippen molar-refractivity contribution in [1.82, 2.24) is 20.2 Å². The molecule has 2 amide bonds. The van der Waals surface area contributed by atoms with Gasteiger partial charge in [0, 0.05) is 55.0 Å². The average Bonchev–Trinajstić information content (AvgIpc) is 3.23. The number of carbonyl (C=O) groups is 1. The molecule has 0 bridgehead atoms. The van der Waals surface area contributed by atoms with Gasteiger partial charge in [-0.1, -0.05) is 48.5 Å². The molecule has 1 atom stereocenters. The number of nitrogens with one attached hydrogen (secondary N) is 2. The van der Waals surface area contributed by atoms with E-state index in [9.17, 15) is 4.79 Å². The standard InChI is InChI=1S/C25H26N4O/c1-2-29(18-19-12-14-26-15-13-19)25(30)28-16-22(20-8-4-3-5-9-20)23-17-27-24-11-7-6-10-21(23)24/h3-15,17,22,27H,2,16,18H2,1H3,(H,28,30). The van der Waals surface area contributed by atoms with Gasteiger partial charge in [0.1, 0.15) is 0 Å². The largest absolute Gasteiger partial charge is 0.361 e. The number of amides is 2. The Labute approximate surface area is 176 Å². The van der Waals surface area contributed by atoms with Gasteiger partial charge in [-0.25, -0.2) is 4.79 Å². The van der Waals surface area contributed by atoms with E-state index >= 15 is 0 Å². The van der Waals surface area contributed by atoms with Gasteiger partial charge < -0.3 is 15.2 Å². The fraction of sp³-hybridized carbons (Fsp3) is 0.200. The second-order valence-electron chi connectivity index (χ2n) is 7.31. The molecule has 0 aliphatic carbocycles. The summed E-state index contributed by atoms with van der Waals surface area (Å²) >= 11 is 0. The van der Waals surface area contributed by atoms with Gasteiger partial charge in [-0.05, 0) is 41.8 Å². The molecule has 2 aromatic carbocycles. The van der Waals surface area contributed by atoms with Crippen molar-refractivity contribution < 1.29 is 4.79 Å². The zero-order valence-electron chi connectivity index (χ0n) is 17.1. The lowest BCUT2D eigenvalue weighted by atomic mass is 9.91. The van der Waals surface area contributed by atoms with E-state index in [2.05, 4.69) is 45.7 Å². The van der Waals surface area contributed by atoms with Gasteiger partial charge in [0.15, 0.2) is 0 Å². The number of benzene rings is 2.